The molecular weight excluding hydrogens is 582 g/mol. The number of hydrogen-bond donors (Lipinski definition) is 0. The molecule has 2 aromatic carbocycles. The van der Waals surface area contributed by atoms with Gasteiger partial charge in [-0.2, -0.15) is 14.5 Å². The fraction of sp³-hybridized carbons (Fsp3) is 0.467. The number of sulfonamides is 2. The number of allylic oxidation sites excluding steroid dienone is 2. The van der Waals surface area contributed by atoms with Gasteiger partial charge in [0, 0.05) is 34.2 Å². The molecule has 42 heavy (non-hydrogen) atoms. The van der Waals surface area contributed by atoms with Crippen molar-refractivity contribution >= 4 is 25.7 Å². The first-order valence-corrected chi connectivity index (χ1v) is 16.5. The largest absolute Gasteiger partial charge is 0.243 e. The number of azo groups is 1. The monoisotopic (exact) mass is 622 g/mol. The Morgan fingerprint density at radius 3 is 2.00 bits per heavy atom. The molecule has 2 atom stereocenters. The summed E-state index contributed by atoms with van der Waals surface area (Å²) in [5.74, 6) is -1.64. The quantitative estimate of drug-likeness (QED) is 0.215. The number of rotatable bonds is 11. The first-order valence-electron chi connectivity index (χ1n) is 13.6. The summed E-state index contributed by atoms with van der Waals surface area (Å²) >= 11 is 0. The Bertz CT molecular complexity index is 1580. The van der Waals surface area contributed by atoms with Crippen LogP contribution < -0.4 is 0 Å². The van der Waals surface area contributed by atoms with E-state index in [2.05, 4.69) is 30.7 Å². The van der Waals surface area contributed by atoms with E-state index in [1.807, 2.05) is 6.92 Å². The van der Waals surface area contributed by atoms with Crippen molar-refractivity contribution in [2.75, 3.05) is 34.2 Å². The van der Waals surface area contributed by atoms with E-state index in [9.17, 15) is 25.6 Å². The van der Waals surface area contributed by atoms with Crippen molar-refractivity contribution in [2.24, 2.45) is 27.0 Å². The van der Waals surface area contributed by atoms with E-state index in [1.165, 1.54) is 55.8 Å². The molecule has 2 unspecified atom stereocenters. The normalized spacial score (nSPS) is 21.5. The van der Waals surface area contributed by atoms with Gasteiger partial charge in [-0.3, -0.25) is 0 Å². The summed E-state index contributed by atoms with van der Waals surface area (Å²) in [5, 5.41) is 7.73. The molecule has 230 valence electrons. The maximum absolute atomic E-state index is 14.6. The Hall–Kier alpha value is -2.80. The zero-order valence-corrected chi connectivity index (χ0v) is 26.9. The lowest BCUT2D eigenvalue weighted by atomic mass is 9.64. The lowest BCUT2D eigenvalue weighted by Gasteiger charge is -2.44. The second-order valence-corrected chi connectivity index (χ2v) is 15.7. The summed E-state index contributed by atoms with van der Waals surface area (Å²) in [5.41, 5.74) is -0.579. The Morgan fingerprint density at radius 1 is 1.00 bits per heavy atom. The van der Waals surface area contributed by atoms with Gasteiger partial charge in [0.2, 0.25) is 20.0 Å². The van der Waals surface area contributed by atoms with Gasteiger partial charge < -0.3 is 0 Å². The molecule has 1 fully saturated rings. The minimum Gasteiger partial charge on any atom is -0.207 e. The van der Waals surface area contributed by atoms with Crippen LogP contribution in [-0.2, 0) is 20.0 Å². The van der Waals surface area contributed by atoms with E-state index >= 15 is 0 Å². The van der Waals surface area contributed by atoms with Crippen LogP contribution in [0.5, 0.6) is 0 Å². The molecule has 12 heteroatoms. The summed E-state index contributed by atoms with van der Waals surface area (Å²) in [6.07, 6.45) is 2.93. The van der Waals surface area contributed by atoms with E-state index in [4.69, 9.17) is 0 Å². The molecular formula is C30H40F2N4O4S2. The highest BCUT2D eigenvalue weighted by Crippen LogP contribution is 2.58. The predicted molar refractivity (Wildman–Crippen MR) is 161 cm³/mol. The first kappa shape index (κ1) is 33.7. The predicted octanol–water partition coefficient (Wildman–Crippen LogP) is 6.35. The summed E-state index contributed by atoms with van der Waals surface area (Å²) in [4.78, 5) is 0.0110. The summed E-state index contributed by atoms with van der Waals surface area (Å²) in [7, 11) is -3.40. The molecule has 0 radical (unpaired) electrons. The lowest BCUT2D eigenvalue weighted by Crippen LogP contribution is -2.46. The van der Waals surface area contributed by atoms with Crippen LogP contribution in [0.15, 0.2) is 80.7 Å². The second-order valence-electron chi connectivity index (χ2n) is 11.6. The molecule has 0 aromatic heterocycles. The number of benzene rings is 2. The molecule has 0 amide bonds. The van der Waals surface area contributed by atoms with Gasteiger partial charge >= 0.3 is 0 Å². The fourth-order valence-corrected chi connectivity index (χ4v) is 8.15. The van der Waals surface area contributed by atoms with Gasteiger partial charge in [-0.05, 0) is 77.6 Å². The van der Waals surface area contributed by atoms with E-state index in [-0.39, 0.29) is 40.1 Å². The molecule has 0 aliphatic heterocycles. The van der Waals surface area contributed by atoms with Crippen molar-refractivity contribution in [1.82, 2.24) is 8.61 Å². The third-order valence-electron chi connectivity index (χ3n) is 8.73. The van der Waals surface area contributed by atoms with Crippen molar-refractivity contribution in [3.8, 4) is 0 Å². The van der Waals surface area contributed by atoms with Gasteiger partial charge in [0.05, 0.1) is 21.1 Å². The van der Waals surface area contributed by atoms with Gasteiger partial charge in [0.1, 0.15) is 11.6 Å². The van der Waals surface area contributed by atoms with Gasteiger partial charge in [0.25, 0.3) is 0 Å². The summed E-state index contributed by atoms with van der Waals surface area (Å²) in [6, 6.07) is 8.83. The molecule has 1 aliphatic carbocycles. The van der Waals surface area contributed by atoms with Crippen LogP contribution in [0.1, 0.15) is 46.1 Å². The molecule has 0 spiro atoms. The van der Waals surface area contributed by atoms with Gasteiger partial charge in [-0.15, -0.1) is 0 Å². The highest BCUT2D eigenvalue weighted by Gasteiger charge is 2.53. The number of hydrogen-bond acceptors (Lipinski definition) is 6. The topological polar surface area (TPSA) is 99.5 Å². The van der Waals surface area contributed by atoms with E-state index in [1.54, 1.807) is 13.0 Å². The van der Waals surface area contributed by atoms with Gasteiger partial charge in [-0.1, -0.05) is 40.3 Å². The number of nitrogens with zero attached hydrogens (tertiary/aromatic N) is 4. The van der Waals surface area contributed by atoms with Crippen LogP contribution in [-0.4, -0.2) is 59.7 Å². The zero-order chi connectivity index (χ0) is 31.7. The summed E-state index contributed by atoms with van der Waals surface area (Å²) < 4.78 is 83.9. The SMILES string of the molecule is C=C(/C=C(\N=N/C)c1c(F)cccc1F)C1CCC(C)(CN(CC)S(=O)(=O)c2ccc(S(=O)(=O)N(C)C)cc2)C1(C)C. The molecule has 1 saturated carbocycles. The number of halogens is 2. The van der Waals surface area contributed by atoms with Crippen molar-refractivity contribution in [3.63, 3.8) is 0 Å². The smallest absolute Gasteiger partial charge is 0.207 e. The minimum atomic E-state index is -3.94. The Labute approximate surface area is 248 Å². The Balaban J connectivity index is 1.91. The highest BCUT2D eigenvalue weighted by molar-refractivity contribution is 7.89. The van der Waals surface area contributed by atoms with Crippen molar-refractivity contribution in [3.05, 3.63) is 77.9 Å². The van der Waals surface area contributed by atoms with Crippen LogP contribution in [0.4, 0.5) is 8.78 Å². The van der Waals surface area contributed by atoms with Crippen LogP contribution in [0, 0.1) is 28.4 Å². The molecule has 8 nitrogen and oxygen atoms in total. The average Bonchev–Trinajstić information content (AvgIpc) is 3.15. The third kappa shape index (κ3) is 6.27. The molecule has 0 heterocycles. The van der Waals surface area contributed by atoms with Crippen LogP contribution in [0.2, 0.25) is 0 Å². The van der Waals surface area contributed by atoms with Crippen molar-refractivity contribution in [2.45, 2.75) is 50.3 Å². The van der Waals surface area contributed by atoms with Gasteiger partial charge in [-0.25, -0.2) is 29.9 Å². The molecule has 3 rings (SSSR count). The highest BCUT2D eigenvalue weighted by atomic mass is 32.2. The Kier molecular flexibility index (Phi) is 9.98. The zero-order valence-electron chi connectivity index (χ0n) is 25.2. The Morgan fingerprint density at radius 2 is 1.52 bits per heavy atom. The molecule has 0 bridgehead atoms. The standard InChI is InChI=1S/C30H40F2N4O4S2/c1-9-36(42(39,40)23-15-13-22(14-16-23)41(37,38)35(7)8)20-30(5)18-17-24(29(30,3)4)21(2)19-27(34-33-6)28-25(31)11-10-12-26(28)32/h10-16,19,24H,2,9,17-18,20H2,1,3-8H3/b27-19-,34-33-. The van der Waals surface area contributed by atoms with Gasteiger partial charge in [0.15, 0.2) is 0 Å². The van der Waals surface area contributed by atoms with Crippen LogP contribution in [0.25, 0.3) is 5.70 Å². The molecule has 2 aromatic rings. The lowest BCUT2D eigenvalue weighted by molar-refractivity contribution is 0.0803. The molecule has 0 saturated heterocycles. The van der Waals surface area contributed by atoms with Crippen molar-refractivity contribution in [1.29, 1.82) is 0 Å². The van der Waals surface area contributed by atoms with E-state index in [0.29, 0.717) is 18.4 Å². The molecule has 1 aliphatic rings. The van der Waals surface area contributed by atoms with E-state index in [0.717, 1.165) is 16.4 Å². The average molecular weight is 623 g/mol. The van der Waals surface area contributed by atoms with Crippen LogP contribution >= 0.6 is 0 Å². The first-order chi connectivity index (χ1) is 19.4. The maximum atomic E-state index is 14.6. The second kappa shape index (κ2) is 12.4. The van der Waals surface area contributed by atoms with Crippen LogP contribution in [0.3, 0.4) is 0 Å². The minimum absolute atomic E-state index is 0.00466. The van der Waals surface area contributed by atoms with Crippen molar-refractivity contribution < 1.29 is 25.6 Å². The maximum Gasteiger partial charge on any atom is 0.243 e. The third-order valence-corrected chi connectivity index (χ3v) is 12.5. The fourth-order valence-electron chi connectivity index (χ4n) is 5.68. The molecule has 0 N–H and O–H groups in total. The summed E-state index contributed by atoms with van der Waals surface area (Å²) in [6.45, 7) is 12.6. The van der Waals surface area contributed by atoms with E-state index < -0.39 is 42.5 Å².